The minimum atomic E-state index is 0.214. The zero-order valence-corrected chi connectivity index (χ0v) is 10.3. The summed E-state index contributed by atoms with van der Waals surface area (Å²) in [5, 5.41) is 12.3. The van der Waals surface area contributed by atoms with Gasteiger partial charge in [0.1, 0.15) is 0 Å². The first-order chi connectivity index (χ1) is 8.79. The molecule has 0 aliphatic heterocycles. The number of aromatic nitrogens is 1. The van der Waals surface area contributed by atoms with Crippen LogP contribution in [-0.4, -0.2) is 4.98 Å². The first-order valence-electron chi connectivity index (χ1n) is 5.92. The van der Waals surface area contributed by atoms with E-state index in [4.69, 9.17) is 5.26 Å². The Hall–Kier alpha value is -2.18. The van der Waals surface area contributed by atoms with Crippen molar-refractivity contribution in [2.24, 2.45) is 0 Å². The van der Waals surface area contributed by atoms with Crippen LogP contribution in [0.25, 0.3) is 0 Å². The lowest BCUT2D eigenvalue weighted by atomic mass is 10.1. The molecule has 0 aliphatic carbocycles. The van der Waals surface area contributed by atoms with Crippen molar-refractivity contribution < 1.29 is 0 Å². The molecule has 0 saturated carbocycles. The summed E-state index contributed by atoms with van der Waals surface area (Å²) in [4.78, 5) is 3.99. The van der Waals surface area contributed by atoms with E-state index in [0.717, 1.165) is 12.1 Å². The van der Waals surface area contributed by atoms with Crippen molar-refractivity contribution >= 4 is 0 Å². The number of nitriles is 1. The molecule has 3 heteroatoms. The second kappa shape index (κ2) is 5.95. The first-order valence-corrected chi connectivity index (χ1v) is 5.92. The molecule has 0 fully saturated rings. The van der Waals surface area contributed by atoms with Crippen LogP contribution in [0.4, 0.5) is 0 Å². The van der Waals surface area contributed by atoms with E-state index < -0.39 is 0 Å². The normalized spacial score (nSPS) is 11.8. The molecule has 0 bridgehead atoms. The Labute approximate surface area is 107 Å². The molecule has 1 N–H and O–H groups in total. The minimum Gasteiger partial charge on any atom is -0.306 e. The van der Waals surface area contributed by atoms with Crippen molar-refractivity contribution in [1.29, 1.82) is 5.26 Å². The van der Waals surface area contributed by atoms with Gasteiger partial charge < -0.3 is 5.32 Å². The summed E-state index contributed by atoms with van der Waals surface area (Å²) in [6.07, 6.45) is 3.58. The molecular formula is C15H15N3. The Morgan fingerprint density at radius 3 is 2.78 bits per heavy atom. The lowest BCUT2D eigenvalue weighted by Gasteiger charge is -2.14. The Morgan fingerprint density at radius 1 is 1.28 bits per heavy atom. The predicted molar refractivity (Wildman–Crippen MR) is 70.6 cm³/mol. The standard InChI is InChI=1S/C15H15N3/c1-12(15-4-2-3-14(9-15)10-16)18-11-13-5-7-17-8-6-13/h2-9,12,18H,11H2,1H3. The molecule has 1 atom stereocenters. The summed E-state index contributed by atoms with van der Waals surface area (Å²) in [5.41, 5.74) is 3.03. The van der Waals surface area contributed by atoms with Crippen LogP contribution < -0.4 is 5.32 Å². The number of nitrogens with zero attached hydrogens (tertiary/aromatic N) is 2. The maximum atomic E-state index is 8.87. The van der Waals surface area contributed by atoms with Gasteiger partial charge in [0.25, 0.3) is 0 Å². The summed E-state index contributed by atoms with van der Waals surface area (Å²) in [6.45, 7) is 2.89. The summed E-state index contributed by atoms with van der Waals surface area (Å²) < 4.78 is 0. The highest BCUT2D eigenvalue weighted by molar-refractivity contribution is 5.34. The molecule has 0 saturated heterocycles. The van der Waals surface area contributed by atoms with Crippen molar-refractivity contribution in [3.63, 3.8) is 0 Å². The van der Waals surface area contributed by atoms with E-state index in [2.05, 4.69) is 23.3 Å². The summed E-state index contributed by atoms with van der Waals surface area (Å²) in [7, 11) is 0. The highest BCUT2D eigenvalue weighted by Gasteiger charge is 2.05. The Balaban J connectivity index is 1.99. The van der Waals surface area contributed by atoms with E-state index in [1.807, 2.05) is 36.4 Å². The Bertz CT molecular complexity index is 543. The molecule has 2 rings (SSSR count). The average molecular weight is 237 g/mol. The number of benzene rings is 1. The Kier molecular flexibility index (Phi) is 4.06. The first kappa shape index (κ1) is 12.3. The van der Waals surface area contributed by atoms with Crippen LogP contribution in [0.3, 0.4) is 0 Å². The minimum absolute atomic E-state index is 0.214. The molecule has 18 heavy (non-hydrogen) atoms. The average Bonchev–Trinajstić information content (AvgIpc) is 2.46. The molecule has 0 amide bonds. The molecule has 1 aromatic carbocycles. The molecular weight excluding hydrogens is 222 g/mol. The van der Waals surface area contributed by atoms with E-state index in [1.54, 1.807) is 12.4 Å². The fraction of sp³-hybridized carbons (Fsp3) is 0.200. The molecule has 0 aliphatic rings. The largest absolute Gasteiger partial charge is 0.306 e. The summed E-state index contributed by atoms with van der Waals surface area (Å²) in [6, 6.07) is 14.0. The van der Waals surface area contributed by atoms with Gasteiger partial charge in [-0.2, -0.15) is 5.26 Å². The van der Waals surface area contributed by atoms with Gasteiger partial charge in [-0.25, -0.2) is 0 Å². The number of nitrogens with one attached hydrogen (secondary N) is 1. The monoisotopic (exact) mass is 237 g/mol. The second-order valence-corrected chi connectivity index (χ2v) is 4.20. The van der Waals surface area contributed by atoms with Gasteiger partial charge in [0.05, 0.1) is 11.6 Å². The van der Waals surface area contributed by atoms with Crippen LogP contribution in [0.15, 0.2) is 48.8 Å². The van der Waals surface area contributed by atoms with E-state index >= 15 is 0 Å². The van der Waals surface area contributed by atoms with Gasteiger partial charge in [0.15, 0.2) is 0 Å². The Morgan fingerprint density at radius 2 is 2.06 bits per heavy atom. The van der Waals surface area contributed by atoms with E-state index in [9.17, 15) is 0 Å². The third-order valence-corrected chi connectivity index (χ3v) is 2.88. The van der Waals surface area contributed by atoms with Crippen molar-refractivity contribution in [3.8, 4) is 6.07 Å². The maximum absolute atomic E-state index is 8.87. The third-order valence-electron chi connectivity index (χ3n) is 2.88. The predicted octanol–water partition coefficient (Wildman–Crippen LogP) is 2.80. The van der Waals surface area contributed by atoms with E-state index in [-0.39, 0.29) is 6.04 Å². The fourth-order valence-corrected chi connectivity index (χ4v) is 1.77. The second-order valence-electron chi connectivity index (χ2n) is 4.20. The van der Waals surface area contributed by atoms with Crippen LogP contribution >= 0.6 is 0 Å². The summed E-state index contributed by atoms with van der Waals surface area (Å²) in [5.74, 6) is 0. The lowest BCUT2D eigenvalue weighted by Crippen LogP contribution is -2.18. The van der Waals surface area contributed by atoms with Crippen molar-refractivity contribution in [2.75, 3.05) is 0 Å². The van der Waals surface area contributed by atoms with E-state index in [0.29, 0.717) is 5.56 Å². The van der Waals surface area contributed by atoms with Crippen LogP contribution in [0.5, 0.6) is 0 Å². The molecule has 0 radical (unpaired) electrons. The van der Waals surface area contributed by atoms with Crippen molar-refractivity contribution in [2.45, 2.75) is 19.5 Å². The van der Waals surface area contributed by atoms with Gasteiger partial charge >= 0.3 is 0 Å². The zero-order valence-electron chi connectivity index (χ0n) is 10.3. The highest BCUT2D eigenvalue weighted by atomic mass is 14.9. The number of pyridine rings is 1. The maximum Gasteiger partial charge on any atom is 0.0991 e. The SMILES string of the molecule is CC(NCc1ccncc1)c1cccc(C#N)c1. The van der Waals surface area contributed by atoms with Crippen molar-refractivity contribution in [3.05, 3.63) is 65.5 Å². The molecule has 3 nitrogen and oxygen atoms in total. The summed E-state index contributed by atoms with van der Waals surface area (Å²) >= 11 is 0. The molecule has 1 unspecified atom stereocenters. The molecule has 1 aromatic heterocycles. The van der Waals surface area contributed by atoms with Crippen LogP contribution in [0, 0.1) is 11.3 Å². The molecule has 90 valence electrons. The topological polar surface area (TPSA) is 48.7 Å². The zero-order chi connectivity index (χ0) is 12.8. The third kappa shape index (κ3) is 3.16. The smallest absolute Gasteiger partial charge is 0.0991 e. The number of rotatable bonds is 4. The van der Waals surface area contributed by atoms with Gasteiger partial charge in [0.2, 0.25) is 0 Å². The highest BCUT2D eigenvalue weighted by Crippen LogP contribution is 2.14. The fourth-order valence-electron chi connectivity index (χ4n) is 1.77. The van der Waals surface area contributed by atoms with Crippen LogP contribution in [-0.2, 0) is 6.54 Å². The van der Waals surface area contributed by atoms with Gasteiger partial charge in [-0.15, -0.1) is 0 Å². The van der Waals surface area contributed by atoms with E-state index in [1.165, 1.54) is 5.56 Å². The quantitative estimate of drug-likeness (QED) is 0.889. The molecule has 0 spiro atoms. The van der Waals surface area contributed by atoms with Crippen LogP contribution in [0.2, 0.25) is 0 Å². The van der Waals surface area contributed by atoms with Gasteiger partial charge in [0, 0.05) is 25.0 Å². The van der Waals surface area contributed by atoms with Gasteiger partial charge in [-0.1, -0.05) is 12.1 Å². The molecule has 1 heterocycles. The van der Waals surface area contributed by atoms with Crippen LogP contribution in [0.1, 0.15) is 29.7 Å². The van der Waals surface area contributed by atoms with Crippen molar-refractivity contribution in [1.82, 2.24) is 10.3 Å². The number of hydrogen-bond acceptors (Lipinski definition) is 3. The van der Waals surface area contributed by atoms with Gasteiger partial charge in [-0.3, -0.25) is 4.98 Å². The van der Waals surface area contributed by atoms with Gasteiger partial charge in [-0.05, 0) is 42.3 Å². The molecule has 2 aromatic rings. The number of hydrogen-bond donors (Lipinski definition) is 1. The lowest BCUT2D eigenvalue weighted by molar-refractivity contribution is 0.574.